The van der Waals surface area contributed by atoms with E-state index in [9.17, 15) is 35.7 Å². The van der Waals surface area contributed by atoms with Gasteiger partial charge in [0.1, 0.15) is 6.04 Å². The Morgan fingerprint density at radius 2 is 1.67 bits per heavy atom. The van der Waals surface area contributed by atoms with Gasteiger partial charge in [-0.2, -0.15) is 0 Å². The average molecular weight is 510 g/mol. The van der Waals surface area contributed by atoms with E-state index in [2.05, 4.69) is 4.90 Å². The van der Waals surface area contributed by atoms with E-state index in [0.29, 0.717) is 25.9 Å². The van der Waals surface area contributed by atoms with Crippen molar-refractivity contribution >= 4 is 25.5 Å². The molecule has 2 aliphatic rings. The van der Waals surface area contributed by atoms with Gasteiger partial charge in [-0.1, -0.05) is 0 Å². The largest absolute Gasteiger partial charge is 0.301 e. The first-order valence-electron chi connectivity index (χ1n) is 10.9. The Morgan fingerprint density at radius 1 is 1.09 bits per heavy atom. The molecular weight excluding hydrogens is 480 g/mol. The van der Waals surface area contributed by atoms with E-state index in [-0.39, 0.29) is 24.6 Å². The summed E-state index contributed by atoms with van der Waals surface area (Å²) in [4.78, 5) is 11.8. The van der Waals surface area contributed by atoms with Crippen molar-refractivity contribution in [2.24, 2.45) is 0 Å². The van der Waals surface area contributed by atoms with Crippen LogP contribution in [-0.2, 0) is 19.9 Å². The van der Waals surface area contributed by atoms with Crippen LogP contribution in [0, 0.1) is 10.1 Å². The van der Waals surface area contributed by atoms with E-state index < -0.39 is 58.6 Å². The van der Waals surface area contributed by atoms with Crippen molar-refractivity contribution in [3.8, 4) is 0 Å². The van der Waals surface area contributed by atoms with Gasteiger partial charge in [0, 0.05) is 24.6 Å². The third-order valence-corrected chi connectivity index (χ3v) is 10.8. The van der Waals surface area contributed by atoms with Crippen LogP contribution in [0.25, 0.3) is 0 Å². The third kappa shape index (κ3) is 5.52. The summed E-state index contributed by atoms with van der Waals surface area (Å²) in [6.45, 7) is 5.06. The molecular formula is C20H29F2N3O6S2. The van der Waals surface area contributed by atoms with Crippen molar-refractivity contribution in [3.63, 3.8) is 0 Å². The molecule has 9 nitrogen and oxygen atoms in total. The number of nitro groups is 1. The number of likely N-dealkylation sites (tertiary alicyclic amines) is 1. The number of nitrogens with one attached hydrogen (secondary N) is 1. The number of non-ortho nitro benzene ring substituents is 1. The molecule has 0 unspecified atom stereocenters. The van der Waals surface area contributed by atoms with Gasteiger partial charge in [-0.05, 0) is 64.8 Å². The lowest BCUT2D eigenvalue weighted by Crippen LogP contribution is -2.60. The molecule has 2 atom stereocenters. The lowest BCUT2D eigenvalue weighted by molar-refractivity contribution is -0.384. The monoisotopic (exact) mass is 509 g/mol. The molecule has 0 amide bonds. The number of nitrogens with zero attached hydrogens (tertiary/aromatic N) is 2. The maximum Gasteiger partial charge on any atom is 0.269 e. The summed E-state index contributed by atoms with van der Waals surface area (Å²) in [5, 5.41) is 8.44. The van der Waals surface area contributed by atoms with Gasteiger partial charge in [-0.15, -0.1) is 0 Å². The van der Waals surface area contributed by atoms with Gasteiger partial charge in [0.2, 0.25) is 10.0 Å². The maximum absolute atomic E-state index is 14.9. The lowest BCUT2D eigenvalue weighted by atomic mass is 9.92. The van der Waals surface area contributed by atoms with E-state index in [1.807, 2.05) is 18.6 Å². The fourth-order valence-corrected chi connectivity index (χ4v) is 8.49. The van der Waals surface area contributed by atoms with Crippen molar-refractivity contribution in [1.29, 1.82) is 0 Å². The molecule has 1 N–H and O–H groups in total. The summed E-state index contributed by atoms with van der Waals surface area (Å²) in [5.41, 5.74) is -0.356. The van der Waals surface area contributed by atoms with E-state index in [0.717, 1.165) is 24.3 Å². The van der Waals surface area contributed by atoms with Crippen molar-refractivity contribution in [2.45, 2.75) is 79.4 Å². The normalized spacial score (nSPS) is 25.2. The SMILES string of the molecule is CC(C)N1CCC(S(=O)(=O)[C@H]2CCCC(F)(F)[C@@H]2NS(=O)(=O)c2ccc([N+](=O)[O-])cc2)CC1. The molecule has 1 saturated heterocycles. The minimum absolute atomic E-state index is 0.0303. The Morgan fingerprint density at radius 3 is 2.18 bits per heavy atom. The highest BCUT2D eigenvalue weighted by atomic mass is 32.2. The van der Waals surface area contributed by atoms with Gasteiger partial charge in [-0.3, -0.25) is 10.1 Å². The van der Waals surface area contributed by atoms with Crippen LogP contribution >= 0.6 is 0 Å². The predicted molar refractivity (Wildman–Crippen MR) is 118 cm³/mol. The maximum atomic E-state index is 14.9. The van der Waals surface area contributed by atoms with Crippen LogP contribution in [0.3, 0.4) is 0 Å². The van der Waals surface area contributed by atoms with E-state index in [1.165, 1.54) is 0 Å². The van der Waals surface area contributed by atoms with Gasteiger partial charge in [0.15, 0.2) is 9.84 Å². The number of hydrogen-bond donors (Lipinski definition) is 1. The number of sulfone groups is 1. The van der Waals surface area contributed by atoms with Crippen LogP contribution in [-0.4, -0.2) is 68.3 Å². The minimum Gasteiger partial charge on any atom is -0.301 e. The van der Waals surface area contributed by atoms with Crippen molar-refractivity contribution in [2.75, 3.05) is 13.1 Å². The molecule has 0 spiro atoms. The first-order chi connectivity index (χ1) is 15.3. The Hall–Kier alpha value is -1.70. The number of alkyl halides is 2. The summed E-state index contributed by atoms with van der Waals surface area (Å²) in [6, 6.07) is 1.90. The number of halogens is 2. The molecule has 1 aliphatic carbocycles. The highest BCUT2D eigenvalue weighted by Gasteiger charge is 2.54. The van der Waals surface area contributed by atoms with E-state index in [4.69, 9.17) is 0 Å². The average Bonchev–Trinajstić information content (AvgIpc) is 2.75. The van der Waals surface area contributed by atoms with Gasteiger partial charge in [0.05, 0.1) is 20.3 Å². The Balaban J connectivity index is 1.87. The highest BCUT2D eigenvalue weighted by molar-refractivity contribution is 7.93. The predicted octanol–water partition coefficient (Wildman–Crippen LogP) is 2.72. The molecule has 0 radical (unpaired) electrons. The van der Waals surface area contributed by atoms with Crippen molar-refractivity contribution in [3.05, 3.63) is 34.4 Å². The number of hydrogen-bond acceptors (Lipinski definition) is 7. The second-order valence-electron chi connectivity index (χ2n) is 8.96. The number of nitro benzene ring substituents is 1. The quantitative estimate of drug-likeness (QED) is 0.442. The molecule has 1 aromatic rings. The third-order valence-electron chi connectivity index (χ3n) is 6.56. The zero-order valence-corrected chi connectivity index (χ0v) is 20.1. The molecule has 1 aliphatic heterocycles. The van der Waals surface area contributed by atoms with Crippen LogP contribution in [0.15, 0.2) is 29.2 Å². The van der Waals surface area contributed by atoms with Crippen molar-refractivity contribution < 1.29 is 30.5 Å². The number of piperidine rings is 1. The van der Waals surface area contributed by atoms with Gasteiger partial charge < -0.3 is 4.90 Å². The highest BCUT2D eigenvalue weighted by Crippen LogP contribution is 2.40. The van der Waals surface area contributed by atoms with E-state index in [1.54, 1.807) is 0 Å². The molecule has 0 bridgehead atoms. The van der Waals surface area contributed by atoms with Crippen LogP contribution in [0.2, 0.25) is 0 Å². The topological polar surface area (TPSA) is 127 Å². The van der Waals surface area contributed by atoms with E-state index >= 15 is 0 Å². The molecule has 1 aromatic carbocycles. The van der Waals surface area contributed by atoms with Crippen LogP contribution in [0.4, 0.5) is 14.5 Å². The summed E-state index contributed by atoms with van der Waals surface area (Å²) in [5.74, 6) is -3.55. The molecule has 186 valence electrons. The molecule has 0 aromatic heterocycles. The first kappa shape index (κ1) is 25.9. The summed E-state index contributed by atoms with van der Waals surface area (Å²) in [7, 11) is -8.59. The van der Waals surface area contributed by atoms with Crippen LogP contribution in [0.1, 0.15) is 46.0 Å². The van der Waals surface area contributed by atoms with Crippen LogP contribution < -0.4 is 4.72 Å². The molecule has 33 heavy (non-hydrogen) atoms. The van der Waals surface area contributed by atoms with Crippen LogP contribution in [0.5, 0.6) is 0 Å². The van der Waals surface area contributed by atoms with Gasteiger partial charge in [0.25, 0.3) is 11.6 Å². The molecule has 1 saturated carbocycles. The van der Waals surface area contributed by atoms with Crippen molar-refractivity contribution in [1.82, 2.24) is 9.62 Å². The zero-order chi connectivity index (χ0) is 24.6. The molecule has 3 rings (SSSR count). The number of benzene rings is 1. The second kappa shape index (κ2) is 9.51. The Bertz CT molecular complexity index is 1070. The lowest BCUT2D eigenvalue weighted by Gasteiger charge is -2.41. The Kier molecular flexibility index (Phi) is 7.47. The fraction of sp³-hybridized carbons (Fsp3) is 0.700. The number of sulfonamides is 1. The zero-order valence-electron chi connectivity index (χ0n) is 18.5. The molecule has 13 heteroatoms. The minimum atomic E-state index is -4.54. The van der Waals surface area contributed by atoms with Gasteiger partial charge in [-0.25, -0.2) is 30.3 Å². The summed E-state index contributed by atoms with van der Waals surface area (Å²) < 4.78 is 84.2. The smallest absolute Gasteiger partial charge is 0.269 e. The standard InChI is InChI=1S/C20H29F2N3O6S2/c1-14(2)24-12-9-16(10-13-24)32(28,29)18-4-3-11-20(21,22)19(18)23-33(30,31)17-7-5-15(6-8-17)25(26)27/h5-8,14,16,18-19,23H,3-4,9-13H2,1-2H3/t18-,19+/m0/s1. The first-order valence-corrected chi connectivity index (χ1v) is 14.0. The second-order valence-corrected chi connectivity index (χ2v) is 13.1. The van der Waals surface area contributed by atoms with Gasteiger partial charge >= 0.3 is 0 Å². The fourth-order valence-electron chi connectivity index (χ4n) is 4.60. The summed E-state index contributed by atoms with van der Waals surface area (Å²) in [6.07, 6.45) is -0.0969. The summed E-state index contributed by atoms with van der Waals surface area (Å²) >= 11 is 0. The number of rotatable bonds is 7. The molecule has 2 fully saturated rings. The molecule has 1 heterocycles. The Labute approximate surface area is 192 Å².